The van der Waals surface area contributed by atoms with Gasteiger partial charge in [0.05, 0.1) is 38.6 Å². The lowest BCUT2D eigenvalue weighted by molar-refractivity contribution is -0.379. The smallest absolute Gasteiger partial charge is 0.220 e. The lowest BCUT2D eigenvalue weighted by Gasteiger charge is -2.48. The van der Waals surface area contributed by atoms with Gasteiger partial charge in [-0.15, -0.1) is 0 Å². The van der Waals surface area contributed by atoms with Gasteiger partial charge >= 0.3 is 0 Å². The van der Waals surface area contributed by atoms with Gasteiger partial charge in [-0.1, -0.05) is 296 Å². The van der Waals surface area contributed by atoms with Crippen molar-refractivity contribution in [3.8, 4) is 0 Å². The van der Waals surface area contributed by atoms with Crippen molar-refractivity contribution in [1.82, 2.24) is 5.32 Å². The van der Waals surface area contributed by atoms with Crippen LogP contribution in [-0.2, 0) is 33.2 Å². The Morgan fingerprint density at radius 1 is 0.385 bits per heavy atom. The largest absolute Gasteiger partial charge is 0.394 e. The van der Waals surface area contributed by atoms with Crippen molar-refractivity contribution in [2.75, 3.05) is 26.4 Å². The number of amides is 1. The molecule has 17 unspecified atom stereocenters. The maximum Gasteiger partial charge on any atom is 0.220 e. The molecule has 3 heterocycles. The summed E-state index contributed by atoms with van der Waals surface area (Å²) in [5, 5.41) is 121. The molecular weight excluding hydrogens is 1170 g/mol. The Balaban J connectivity index is 1.37. The number of aliphatic hydroxyl groups is 11. The number of carbonyl (C=O) groups excluding carboxylic acids is 1. The summed E-state index contributed by atoms with van der Waals surface area (Å²) in [4.78, 5) is 13.4. The van der Waals surface area contributed by atoms with E-state index < -0.39 is 124 Å². The second-order valence-corrected chi connectivity index (χ2v) is 27.1. The fourth-order valence-electron chi connectivity index (χ4n) is 13.0. The molecule has 3 aliphatic heterocycles. The number of ether oxygens (including phenoxy) is 6. The molecule has 19 nitrogen and oxygen atoms in total. The SMILES string of the molecule is CCCCCCCCCCCCCCCC/C=C/C(O)C(COC1OC(CO)C(OC2OC(CO)C(OC3OC(CO)C(O)C(O)C3O)C(O)C2O)C(O)C1O)NC(=O)CCCCCCCCCCCCCCCCCCCCCCCCCCCCCCCC. The van der Waals surface area contributed by atoms with Crippen molar-refractivity contribution >= 4 is 5.91 Å². The van der Waals surface area contributed by atoms with Gasteiger partial charge in [0.25, 0.3) is 0 Å². The summed E-state index contributed by atoms with van der Waals surface area (Å²) in [6, 6.07) is -0.969. The number of aliphatic hydroxyl groups excluding tert-OH is 11. The van der Waals surface area contributed by atoms with Crippen LogP contribution in [0.5, 0.6) is 0 Å². The van der Waals surface area contributed by atoms with Gasteiger partial charge in [0, 0.05) is 6.42 Å². The van der Waals surface area contributed by atoms with Gasteiger partial charge in [0.2, 0.25) is 5.91 Å². The van der Waals surface area contributed by atoms with Crippen molar-refractivity contribution in [2.45, 2.75) is 413 Å². The lowest BCUT2D eigenvalue weighted by atomic mass is 9.96. The number of carbonyl (C=O) groups is 1. The number of rotatable bonds is 59. The van der Waals surface area contributed by atoms with Gasteiger partial charge < -0.3 is 89.9 Å². The first-order valence-electron chi connectivity index (χ1n) is 37.4. The maximum absolute atomic E-state index is 13.4. The minimum Gasteiger partial charge on any atom is -0.394 e. The second kappa shape index (κ2) is 54.5. The topological polar surface area (TPSA) is 307 Å². The molecular formula is C72H137NO18. The van der Waals surface area contributed by atoms with E-state index in [4.69, 9.17) is 28.4 Å². The number of nitrogens with one attached hydrogen (secondary N) is 1. The molecule has 3 aliphatic rings. The van der Waals surface area contributed by atoms with E-state index in [-0.39, 0.29) is 18.9 Å². The molecule has 19 heteroatoms. The number of hydrogen-bond acceptors (Lipinski definition) is 18. The molecule has 3 rings (SSSR count). The summed E-state index contributed by atoms with van der Waals surface area (Å²) in [5.41, 5.74) is 0. The predicted molar refractivity (Wildman–Crippen MR) is 356 cm³/mol. The van der Waals surface area contributed by atoms with E-state index in [1.54, 1.807) is 6.08 Å². The monoisotopic (exact) mass is 1300 g/mol. The third kappa shape index (κ3) is 36.1. The highest BCUT2D eigenvalue weighted by molar-refractivity contribution is 5.76. The van der Waals surface area contributed by atoms with Gasteiger partial charge in [-0.3, -0.25) is 4.79 Å². The van der Waals surface area contributed by atoms with Crippen molar-refractivity contribution in [2.24, 2.45) is 0 Å². The van der Waals surface area contributed by atoms with Gasteiger partial charge in [0.15, 0.2) is 18.9 Å². The van der Waals surface area contributed by atoms with E-state index in [1.165, 1.54) is 238 Å². The minimum absolute atomic E-state index is 0.250. The quantitative estimate of drug-likeness (QED) is 0.0199. The van der Waals surface area contributed by atoms with Crippen LogP contribution >= 0.6 is 0 Å². The van der Waals surface area contributed by atoms with Crippen LogP contribution in [0.2, 0.25) is 0 Å². The van der Waals surface area contributed by atoms with Crippen LogP contribution in [-0.4, -0.2) is 193 Å². The van der Waals surface area contributed by atoms with Gasteiger partial charge in [-0.25, -0.2) is 0 Å². The highest BCUT2D eigenvalue weighted by Gasteiger charge is 2.53. The normalized spacial score (nSPS) is 27.9. The van der Waals surface area contributed by atoms with Gasteiger partial charge in [-0.05, 0) is 19.3 Å². The Morgan fingerprint density at radius 2 is 0.681 bits per heavy atom. The lowest BCUT2D eigenvalue weighted by Crippen LogP contribution is -2.66. The van der Waals surface area contributed by atoms with Crippen molar-refractivity contribution in [1.29, 1.82) is 0 Å². The average molecular weight is 1300 g/mol. The number of unbranched alkanes of at least 4 members (excludes halogenated alkanes) is 43. The number of hydrogen-bond donors (Lipinski definition) is 12. The zero-order chi connectivity index (χ0) is 66.1. The van der Waals surface area contributed by atoms with Crippen LogP contribution in [0.4, 0.5) is 0 Å². The molecule has 91 heavy (non-hydrogen) atoms. The van der Waals surface area contributed by atoms with Crippen molar-refractivity contribution in [3.05, 3.63) is 12.2 Å². The highest BCUT2D eigenvalue weighted by atomic mass is 16.8. The van der Waals surface area contributed by atoms with Crippen molar-refractivity contribution < 1.29 is 89.4 Å². The molecule has 1 amide bonds. The summed E-state index contributed by atoms with van der Waals surface area (Å²) in [5.74, 6) is -0.268. The fraction of sp³-hybridized carbons (Fsp3) is 0.958. The van der Waals surface area contributed by atoms with E-state index in [9.17, 15) is 61.0 Å². The molecule has 0 aromatic carbocycles. The molecule has 0 spiro atoms. The Bertz CT molecular complexity index is 1700. The zero-order valence-electron chi connectivity index (χ0n) is 57.1. The first-order chi connectivity index (χ1) is 44.3. The molecule has 0 radical (unpaired) electrons. The summed E-state index contributed by atoms with van der Waals surface area (Å²) in [7, 11) is 0. The maximum atomic E-state index is 13.4. The van der Waals surface area contributed by atoms with E-state index in [0.717, 1.165) is 44.9 Å². The summed E-state index contributed by atoms with van der Waals surface area (Å²) in [6.07, 6.45) is 34.9. The Morgan fingerprint density at radius 3 is 1.03 bits per heavy atom. The zero-order valence-corrected chi connectivity index (χ0v) is 57.1. The molecule has 538 valence electrons. The third-order valence-corrected chi connectivity index (χ3v) is 19.1. The molecule has 3 saturated heterocycles. The van der Waals surface area contributed by atoms with Crippen LogP contribution < -0.4 is 5.32 Å². The summed E-state index contributed by atoms with van der Waals surface area (Å²) in [6.45, 7) is 1.78. The van der Waals surface area contributed by atoms with Gasteiger partial charge in [-0.2, -0.15) is 0 Å². The molecule has 17 atom stereocenters. The third-order valence-electron chi connectivity index (χ3n) is 19.1. The highest BCUT2D eigenvalue weighted by Crippen LogP contribution is 2.33. The van der Waals surface area contributed by atoms with E-state index in [1.807, 2.05) is 6.08 Å². The Kier molecular flexibility index (Phi) is 50.2. The molecule has 3 fully saturated rings. The minimum atomic E-state index is -1.98. The molecule has 0 bridgehead atoms. The first kappa shape index (κ1) is 83.8. The predicted octanol–water partition coefficient (Wildman–Crippen LogP) is 10.8. The van der Waals surface area contributed by atoms with E-state index in [0.29, 0.717) is 6.42 Å². The summed E-state index contributed by atoms with van der Waals surface area (Å²) < 4.78 is 34.4. The van der Waals surface area contributed by atoms with Crippen LogP contribution in [0.1, 0.15) is 309 Å². The van der Waals surface area contributed by atoms with Crippen molar-refractivity contribution in [3.63, 3.8) is 0 Å². The van der Waals surface area contributed by atoms with Crippen LogP contribution in [0.3, 0.4) is 0 Å². The van der Waals surface area contributed by atoms with Crippen LogP contribution in [0.15, 0.2) is 12.2 Å². The molecule has 0 aromatic rings. The Labute approximate surface area is 550 Å². The standard InChI is InChI=1S/C72H137NO18/c1-3-5-7-9-11-13-15-17-19-21-22-23-24-25-26-27-28-29-30-31-32-33-34-36-38-40-42-44-46-48-50-60(78)73-55(56(77)49-47-45-43-41-39-37-35-20-18-16-14-12-10-8-6-4-2)54-86-70-66(84)63(81)68(58(52-75)88-70)91-72-67(85)64(82)69(59(53-76)89-72)90-71-65(83)62(80)61(79)57(51-74)87-71/h47,49,55-59,61-72,74-77,79-85H,3-46,48,50-54H2,1-2H3,(H,73,78)/b49-47+. The molecule has 12 N–H and O–H groups in total. The van der Waals surface area contributed by atoms with E-state index in [2.05, 4.69) is 19.2 Å². The molecule has 0 saturated carbocycles. The molecule has 0 aliphatic carbocycles. The Hall–Kier alpha value is -1.47. The van der Waals surface area contributed by atoms with Gasteiger partial charge in [0.1, 0.15) is 73.2 Å². The molecule has 0 aromatic heterocycles. The first-order valence-corrected chi connectivity index (χ1v) is 37.4. The summed E-state index contributed by atoms with van der Waals surface area (Å²) >= 11 is 0. The fourth-order valence-corrected chi connectivity index (χ4v) is 13.0. The average Bonchev–Trinajstić information content (AvgIpc) is 0.885. The second-order valence-electron chi connectivity index (χ2n) is 27.1. The number of allylic oxidation sites excluding steroid dienone is 1. The van der Waals surface area contributed by atoms with E-state index >= 15 is 0 Å². The van der Waals surface area contributed by atoms with Crippen LogP contribution in [0, 0.1) is 0 Å². The van der Waals surface area contributed by atoms with Crippen LogP contribution in [0.25, 0.3) is 0 Å².